The van der Waals surface area contributed by atoms with E-state index < -0.39 is 12.5 Å². The van der Waals surface area contributed by atoms with Crippen molar-refractivity contribution < 1.29 is 18.3 Å². The molecule has 2 rings (SSSR count). The van der Waals surface area contributed by atoms with Crippen molar-refractivity contribution in [2.75, 3.05) is 11.1 Å². The molecule has 21 heavy (non-hydrogen) atoms. The molecule has 0 aliphatic carbocycles. The van der Waals surface area contributed by atoms with E-state index in [4.69, 9.17) is 17.3 Å². The van der Waals surface area contributed by atoms with Crippen LogP contribution in [0, 0.1) is 0 Å². The summed E-state index contributed by atoms with van der Waals surface area (Å²) >= 11 is 5.81. The number of amides is 1. The number of nitrogen functional groups attached to an aromatic ring is 1. The first kappa shape index (κ1) is 15.0. The Labute approximate surface area is 123 Å². The van der Waals surface area contributed by atoms with E-state index in [1.165, 1.54) is 36.5 Å². The van der Waals surface area contributed by atoms with Crippen LogP contribution < -0.4 is 15.8 Å². The minimum Gasteiger partial charge on any atom is -0.435 e. The molecule has 0 aliphatic heterocycles. The second-order valence-corrected chi connectivity index (χ2v) is 4.32. The normalized spacial score (nSPS) is 10.5. The van der Waals surface area contributed by atoms with E-state index in [1.54, 1.807) is 0 Å². The molecule has 8 heteroatoms. The third kappa shape index (κ3) is 4.03. The molecule has 1 aromatic heterocycles. The fourth-order valence-electron chi connectivity index (χ4n) is 1.54. The second-order valence-electron chi connectivity index (χ2n) is 3.96. The van der Waals surface area contributed by atoms with E-state index in [2.05, 4.69) is 15.0 Å². The van der Waals surface area contributed by atoms with Crippen LogP contribution in [-0.4, -0.2) is 17.5 Å². The summed E-state index contributed by atoms with van der Waals surface area (Å²) in [4.78, 5) is 15.8. The zero-order valence-electron chi connectivity index (χ0n) is 10.5. The van der Waals surface area contributed by atoms with Crippen molar-refractivity contribution in [1.29, 1.82) is 0 Å². The number of hydrogen-bond donors (Lipinski definition) is 2. The largest absolute Gasteiger partial charge is 0.435 e. The highest BCUT2D eigenvalue weighted by molar-refractivity contribution is 6.33. The number of alkyl halides is 2. The van der Waals surface area contributed by atoms with E-state index in [0.29, 0.717) is 11.4 Å². The van der Waals surface area contributed by atoms with Gasteiger partial charge in [0.1, 0.15) is 10.9 Å². The lowest BCUT2D eigenvalue weighted by Crippen LogP contribution is -2.13. The van der Waals surface area contributed by atoms with Gasteiger partial charge in [-0.15, -0.1) is 0 Å². The fourth-order valence-corrected chi connectivity index (χ4v) is 1.73. The highest BCUT2D eigenvalue weighted by Gasteiger charge is 2.12. The number of rotatable bonds is 4. The summed E-state index contributed by atoms with van der Waals surface area (Å²) in [7, 11) is 0. The number of pyridine rings is 1. The molecule has 1 heterocycles. The zero-order chi connectivity index (χ0) is 15.4. The van der Waals surface area contributed by atoms with E-state index in [9.17, 15) is 13.6 Å². The van der Waals surface area contributed by atoms with Gasteiger partial charge >= 0.3 is 6.61 Å². The summed E-state index contributed by atoms with van der Waals surface area (Å²) in [5.74, 6) is -0.519. The molecule has 0 spiro atoms. The smallest absolute Gasteiger partial charge is 0.387 e. The summed E-state index contributed by atoms with van der Waals surface area (Å²) in [5.41, 5.74) is 6.34. The number of nitrogens with zero attached hydrogens (tertiary/aromatic N) is 1. The Kier molecular flexibility index (Phi) is 4.54. The molecular weight excluding hydrogens is 304 g/mol. The van der Waals surface area contributed by atoms with Crippen LogP contribution in [0.3, 0.4) is 0 Å². The molecule has 3 N–H and O–H groups in total. The van der Waals surface area contributed by atoms with Gasteiger partial charge in [0.2, 0.25) is 0 Å². The number of carbonyl (C=O) groups is 1. The number of hydrogen-bond acceptors (Lipinski definition) is 4. The lowest BCUT2D eigenvalue weighted by molar-refractivity contribution is -0.0498. The maximum absolute atomic E-state index is 12.0. The predicted octanol–water partition coefficient (Wildman–Crippen LogP) is 3.17. The zero-order valence-corrected chi connectivity index (χ0v) is 11.3. The van der Waals surface area contributed by atoms with Gasteiger partial charge in [0, 0.05) is 5.69 Å². The number of carbonyl (C=O) groups excluding carboxylic acids is 1. The Morgan fingerprint density at radius 1 is 1.33 bits per heavy atom. The number of benzene rings is 1. The molecule has 0 aliphatic rings. The van der Waals surface area contributed by atoms with Crippen LogP contribution >= 0.6 is 11.6 Å². The minimum absolute atomic E-state index is 0.00773. The lowest BCUT2D eigenvalue weighted by Gasteiger charge is -2.08. The molecule has 0 saturated heterocycles. The third-order valence-corrected chi connectivity index (χ3v) is 2.74. The van der Waals surface area contributed by atoms with Gasteiger partial charge in [-0.25, -0.2) is 4.98 Å². The van der Waals surface area contributed by atoms with Gasteiger partial charge < -0.3 is 15.8 Å². The minimum atomic E-state index is -2.90. The molecular formula is C13H10ClF2N3O2. The summed E-state index contributed by atoms with van der Waals surface area (Å²) < 4.78 is 28.2. The highest BCUT2D eigenvalue weighted by Crippen LogP contribution is 2.20. The molecule has 0 unspecified atom stereocenters. The van der Waals surface area contributed by atoms with Crippen molar-refractivity contribution in [3.05, 3.63) is 47.2 Å². The number of nitrogens with two attached hydrogens (primary N) is 1. The highest BCUT2D eigenvalue weighted by atomic mass is 35.5. The van der Waals surface area contributed by atoms with Crippen molar-refractivity contribution in [2.45, 2.75) is 6.61 Å². The molecule has 0 bridgehead atoms. The Balaban J connectivity index is 2.10. The molecule has 2 aromatic rings. The molecule has 5 nitrogen and oxygen atoms in total. The quantitative estimate of drug-likeness (QED) is 0.850. The maximum Gasteiger partial charge on any atom is 0.387 e. The Bertz CT molecular complexity index is 650. The standard InChI is InChI=1S/C13H10ClF2N3O2/c14-11-10(5-7(17)6-18-11)12(20)19-8-1-3-9(4-2-8)21-13(15)16/h1-6,13H,17H2,(H,19,20). The van der Waals surface area contributed by atoms with Crippen LogP contribution in [0.5, 0.6) is 5.75 Å². The molecule has 0 atom stereocenters. The van der Waals surface area contributed by atoms with Crippen LogP contribution in [0.4, 0.5) is 20.2 Å². The van der Waals surface area contributed by atoms with Crippen molar-refractivity contribution in [2.24, 2.45) is 0 Å². The van der Waals surface area contributed by atoms with E-state index in [1.807, 2.05) is 0 Å². The van der Waals surface area contributed by atoms with Crippen LogP contribution in [0.2, 0.25) is 5.15 Å². The van der Waals surface area contributed by atoms with Gasteiger partial charge in [-0.05, 0) is 30.3 Å². The molecule has 1 aromatic carbocycles. The Morgan fingerprint density at radius 2 is 2.00 bits per heavy atom. The second kappa shape index (κ2) is 6.36. The number of halogens is 3. The van der Waals surface area contributed by atoms with Crippen LogP contribution in [0.25, 0.3) is 0 Å². The SMILES string of the molecule is Nc1cnc(Cl)c(C(=O)Nc2ccc(OC(F)F)cc2)c1. The number of aromatic nitrogens is 1. The van der Waals surface area contributed by atoms with E-state index in [-0.39, 0.29) is 16.5 Å². The molecule has 0 saturated carbocycles. The van der Waals surface area contributed by atoms with E-state index in [0.717, 1.165) is 0 Å². The topological polar surface area (TPSA) is 77.2 Å². The molecule has 1 amide bonds. The lowest BCUT2D eigenvalue weighted by atomic mass is 10.2. The van der Waals surface area contributed by atoms with Crippen LogP contribution in [0.15, 0.2) is 36.5 Å². The number of anilines is 2. The fraction of sp³-hybridized carbons (Fsp3) is 0.0769. The van der Waals surface area contributed by atoms with Gasteiger partial charge in [-0.2, -0.15) is 8.78 Å². The maximum atomic E-state index is 12.0. The van der Waals surface area contributed by atoms with Crippen molar-refractivity contribution in [3.63, 3.8) is 0 Å². The predicted molar refractivity (Wildman–Crippen MR) is 74.7 cm³/mol. The van der Waals surface area contributed by atoms with Crippen molar-refractivity contribution >= 4 is 28.9 Å². The Hall–Kier alpha value is -2.41. The van der Waals surface area contributed by atoms with Gasteiger partial charge in [-0.1, -0.05) is 11.6 Å². The van der Waals surface area contributed by atoms with Gasteiger partial charge in [0.05, 0.1) is 17.4 Å². The summed E-state index contributed by atoms with van der Waals surface area (Å²) in [5, 5.41) is 2.56. The van der Waals surface area contributed by atoms with Crippen molar-refractivity contribution in [3.8, 4) is 5.75 Å². The first-order valence-electron chi connectivity index (χ1n) is 5.73. The molecule has 0 fully saturated rings. The monoisotopic (exact) mass is 313 g/mol. The summed E-state index contributed by atoms with van der Waals surface area (Å²) in [6.45, 7) is -2.90. The van der Waals surface area contributed by atoms with Crippen molar-refractivity contribution in [1.82, 2.24) is 4.98 Å². The van der Waals surface area contributed by atoms with Crippen LogP contribution in [0.1, 0.15) is 10.4 Å². The van der Waals surface area contributed by atoms with Gasteiger partial charge in [0.25, 0.3) is 5.91 Å². The number of ether oxygens (including phenoxy) is 1. The van der Waals surface area contributed by atoms with Crippen LogP contribution in [-0.2, 0) is 0 Å². The third-order valence-electron chi connectivity index (χ3n) is 2.44. The first-order chi connectivity index (χ1) is 9.95. The molecule has 0 radical (unpaired) electrons. The molecule has 110 valence electrons. The first-order valence-corrected chi connectivity index (χ1v) is 6.11. The summed E-state index contributed by atoms with van der Waals surface area (Å²) in [6.07, 6.45) is 1.33. The Morgan fingerprint density at radius 3 is 2.62 bits per heavy atom. The average molecular weight is 314 g/mol. The van der Waals surface area contributed by atoms with Gasteiger partial charge in [-0.3, -0.25) is 4.79 Å². The summed E-state index contributed by atoms with van der Waals surface area (Å²) in [6, 6.07) is 6.84. The van der Waals surface area contributed by atoms with E-state index >= 15 is 0 Å². The number of nitrogens with one attached hydrogen (secondary N) is 1. The average Bonchev–Trinajstić information content (AvgIpc) is 2.43. The van der Waals surface area contributed by atoms with Gasteiger partial charge in [0.15, 0.2) is 0 Å².